The molecule has 2 N–H and O–H groups in total. The molecule has 21 heavy (non-hydrogen) atoms. The van der Waals surface area contributed by atoms with Gasteiger partial charge in [0.15, 0.2) is 0 Å². The first-order chi connectivity index (χ1) is 10.3. The van der Waals surface area contributed by atoms with Crippen molar-refractivity contribution < 1.29 is 4.39 Å². The molecular formula is C18H19FN2. The van der Waals surface area contributed by atoms with Crippen molar-refractivity contribution >= 4 is 10.9 Å². The molecule has 1 heterocycles. The second-order valence-corrected chi connectivity index (χ2v) is 5.29. The Kier molecular flexibility index (Phi) is 4.02. The number of H-pyrrole nitrogens is 1. The van der Waals surface area contributed by atoms with Gasteiger partial charge in [-0.15, -0.1) is 0 Å². The second kappa shape index (κ2) is 6.10. The number of fused-ring (bicyclic) bond motifs is 1. The van der Waals surface area contributed by atoms with E-state index < -0.39 is 0 Å². The van der Waals surface area contributed by atoms with Gasteiger partial charge in [-0.05, 0) is 54.7 Å². The van der Waals surface area contributed by atoms with Gasteiger partial charge in [0.05, 0.1) is 0 Å². The predicted octanol–water partition coefficient (Wildman–Crippen LogP) is 4.05. The molecular weight excluding hydrogens is 263 g/mol. The van der Waals surface area contributed by atoms with E-state index in [0.29, 0.717) is 0 Å². The summed E-state index contributed by atoms with van der Waals surface area (Å²) < 4.78 is 14.5. The maximum Gasteiger partial charge on any atom is 0.129 e. The summed E-state index contributed by atoms with van der Waals surface area (Å²) in [6.07, 6.45) is 2.71. The third-order valence-corrected chi connectivity index (χ3v) is 3.93. The molecule has 1 unspecified atom stereocenters. The summed E-state index contributed by atoms with van der Waals surface area (Å²) >= 11 is 0. The fourth-order valence-electron chi connectivity index (χ4n) is 2.83. The van der Waals surface area contributed by atoms with E-state index in [4.69, 9.17) is 0 Å². The van der Waals surface area contributed by atoms with E-state index in [2.05, 4.69) is 22.4 Å². The molecule has 0 spiro atoms. The highest BCUT2D eigenvalue weighted by Gasteiger charge is 2.18. The first kappa shape index (κ1) is 13.8. The summed E-state index contributed by atoms with van der Waals surface area (Å²) in [4.78, 5) is 3.06. The van der Waals surface area contributed by atoms with Gasteiger partial charge in [-0.2, -0.15) is 0 Å². The van der Waals surface area contributed by atoms with Crippen molar-refractivity contribution in [3.63, 3.8) is 0 Å². The topological polar surface area (TPSA) is 27.8 Å². The van der Waals surface area contributed by atoms with Crippen molar-refractivity contribution in [2.24, 2.45) is 0 Å². The van der Waals surface area contributed by atoms with Gasteiger partial charge in [-0.3, -0.25) is 0 Å². The van der Waals surface area contributed by atoms with Crippen LogP contribution in [0.25, 0.3) is 10.9 Å². The van der Waals surface area contributed by atoms with Crippen LogP contribution in [0.1, 0.15) is 23.5 Å². The number of hydrogen-bond donors (Lipinski definition) is 2. The number of nitrogens with one attached hydrogen (secondary N) is 2. The largest absolute Gasteiger partial charge is 0.361 e. The van der Waals surface area contributed by atoms with Crippen molar-refractivity contribution in [2.45, 2.75) is 12.3 Å². The van der Waals surface area contributed by atoms with Crippen molar-refractivity contribution in [3.8, 4) is 0 Å². The number of aromatic nitrogens is 1. The summed E-state index contributed by atoms with van der Waals surface area (Å²) in [6, 6.07) is 15.7. The summed E-state index contributed by atoms with van der Waals surface area (Å²) in [6.45, 7) is 0.851. The Balaban J connectivity index is 2.06. The van der Waals surface area contributed by atoms with Crippen LogP contribution >= 0.6 is 0 Å². The average molecular weight is 282 g/mol. The molecule has 0 radical (unpaired) electrons. The zero-order valence-corrected chi connectivity index (χ0v) is 12.1. The van der Waals surface area contributed by atoms with Gasteiger partial charge in [0, 0.05) is 17.6 Å². The van der Waals surface area contributed by atoms with E-state index in [0.717, 1.165) is 35.0 Å². The Morgan fingerprint density at radius 2 is 1.95 bits per heavy atom. The molecule has 0 amide bonds. The molecule has 0 aliphatic carbocycles. The lowest BCUT2D eigenvalue weighted by Crippen LogP contribution is -2.14. The Morgan fingerprint density at radius 1 is 1.14 bits per heavy atom. The lowest BCUT2D eigenvalue weighted by atomic mass is 9.87. The number of halogens is 1. The molecule has 0 bridgehead atoms. The van der Waals surface area contributed by atoms with Gasteiger partial charge in [0.2, 0.25) is 0 Å². The molecule has 1 atom stereocenters. The molecule has 108 valence electrons. The van der Waals surface area contributed by atoms with E-state index in [9.17, 15) is 4.39 Å². The van der Waals surface area contributed by atoms with Gasteiger partial charge in [-0.1, -0.05) is 30.3 Å². The standard InChI is InChI=1S/C18H19FN2/c1-20-9-8-15(13-5-3-2-4-6-13)16-11-14-7-10-21-18(14)12-17(16)19/h2-7,10-12,15,20-21H,8-9H2,1H3. The minimum Gasteiger partial charge on any atom is -0.361 e. The molecule has 1 aromatic heterocycles. The molecule has 3 aromatic rings. The van der Waals surface area contributed by atoms with Crippen LogP contribution in [0.5, 0.6) is 0 Å². The molecule has 3 rings (SSSR count). The average Bonchev–Trinajstić information content (AvgIpc) is 2.96. The van der Waals surface area contributed by atoms with Gasteiger partial charge in [0.25, 0.3) is 0 Å². The third-order valence-electron chi connectivity index (χ3n) is 3.93. The third kappa shape index (κ3) is 2.83. The van der Waals surface area contributed by atoms with Crippen molar-refractivity contribution in [2.75, 3.05) is 13.6 Å². The lowest BCUT2D eigenvalue weighted by molar-refractivity contribution is 0.579. The van der Waals surface area contributed by atoms with Gasteiger partial charge in [-0.25, -0.2) is 4.39 Å². The summed E-state index contributed by atoms with van der Waals surface area (Å²) in [5.74, 6) is -0.0761. The fourth-order valence-corrected chi connectivity index (χ4v) is 2.83. The number of benzene rings is 2. The van der Waals surface area contributed by atoms with E-state index in [-0.39, 0.29) is 11.7 Å². The normalized spacial score (nSPS) is 12.7. The molecule has 0 aliphatic heterocycles. The Morgan fingerprint density at radius 3 is 2.71 bits per heavy atom. The van der Waals surface area contributed by atoms with E-state index in [1.54, 1.807) is 6.07 Å². The SMILES string of the molecule is CNCCC(c1ccccc1)c1cc2cc[nH]c2cc1F. The summed E-state index contributed by atoms with van der Waals surface area (Å²) in [5, 5.41) is 4.21. The lowest BCUT2D eigenvalue weighted by Gasteiger charge is -2.19. The first-order valence-electron chi connectivity index (χ1n) is 7.25. The Hall–Kier alpha value is -2.13. The smallest absolute Gasteiger partial charge is 0.129 e. The van der Waals surface area contributed by atoms with Gasteiger partial charge >= 0.3 is 0 Å². The van der Waals surface area contributed by atoms with Crippen molar-refractivity contribution in [1.82, 2.24) is 10.3 Å². The highest BCUT2D eigenvalue weighted by molar-refractivity contribution is 5.80. The monoisotopic (exact) mass is 282 g/mol. The minimum absolute atomic E-state index is 0.0675. The molecule has 2 nitrogen and oxygen atoms in total. The molecule has 0 saturated heterocycles. The maximum atomic E-state index is 14.5. The highest BCUT2D eigenvalue weighted by Crippen LogP contribution is 2.32. The Bertz CT molecular complexity index is 718. The molecule has 0 aliphatic rings. The van der Waals surface area contributed by atoms with Crippen LogP contribution < -0.4 is 5.32 Å². The molecule has 0 fully saturated rings. The van der Waals surface area contributed by atoms with Crippen LogP contribution in [-0.4, -0.2) is 18.6 Å². The maximum absolute atomic E-state index is 14.5. The quantitative estimate of drug-likeness (QED) is 0.726. The van der Waals surface area contributed by atoms with E-state index in [1.807, 2.05) is 43.6 Å². The van der Waals surface area contributed by atoms with Gasteiger partial charge < -0.3 is 10.3 Å². The van der Waals surface area contributed by atoms with E-state index >= 15 is 0 Å². The minimum atomic E-state index is -0.144. The van der Waals surface area contributed by atoms with Crippen molar-refractivity contribution in [3.05, 3.63) is 71.7 Å². The van der Waals surface area contributed by atoms with Crippen LogP contribution in [-0.2, 0) is 0 Å². The fraction of sp³-hybridized carbons (Fsp3) is 0.222. The summed E-state index contributed by atoms with van der Waals surface area (Å²) in [5.41, 5.74) is 2.77. The highest BCUT2D eigenvalue weighted by atomic mass is 19.1. The van der Waals surface area contributed by atoms with Gasteiger partial charge in [0.1, 0.15) is 5.82 Å². The Labute approximate surface area is 124 Å². The zero-order chi connectivity index (χ0) is 14.7. The molecule has 2 aromatic carbocycles. The number of rotatable bonds is 5. The van der Waals surface area contributed by atoms with Crippen LogP contribution in [0, 0.1) is 5.82 Å². The van der Waals surface area contributed by atoms with Crippen LogP contribution in [0.2, 0.25) is 0 Å². The van der Waals surface area contributed by atoms with Crippen LogP contribution in [0.4, 0.5) is 4.39 Å². The van der Waals surface area contributed by atoms with E-state index in [1.165, 1.54) is 0 Å². The number of hydrogen-bond acceptors (Lipinski definition) is 1. The molecule has 0 saturated carbocycles. The predicted molar refractivity (Wildman–Crippen MR) is 85.1 cm³/mol. The number of aromatic amines is 1. The second-order valence-electron chi connectivity index (χ2n) is 5.29. The van der Waals surface area contributed by atoms with Crippen LogP contribution in [0.15, 0.2) is 54.7 Å². The molecule has 3 heteroatoms. The van der Waals surface area contributed by atoms with Crippen molar-refractivity contribution in [1.29, 1.82) is 0 Å². The van der Waals surface area contributed by atoms with Crippen LogP contribution in [0.3, 0.4) is 0 Å². The first-order valence-corrected chi connectivity index (χ1v) is 7.25. The summed E-state index contributed by atoms with van der Waals surface area (Å²) in [7, 11) is 1.92. The zero-order valence-electron chi connectivity index (χ0n) is 12.1.